The molecule has 1 saturated heterocycles. The molecule has 0 spiro atoms. The van der Waals surface area contributed by atoms with Crippen molar-refractivity contribution < 1.29 is 0 Å². The average Bonchev–Trinajstić information content (AvgIpc) is 2.80. The lowest BCUT2D eigenvalue weighted by Gasteiger charge is -2.15. The maximum absolute atomic E-state index is 3.38. The van der Waals surface area contributed by atoms with Gasteiger partial charge in [0.05, 0.1) is 0 Å². The molecule has 1 aliphatic heterocycles. The molecular formula is C15H32N2. The van der Waals surface area contributed by atoms with E-state index >= 15 is 0 Å². The van der Waals surface area contributed by atoms with Gasteiger partial charge in [-0.1, -0.05) is 51.9 Å². The minimum Gasteiger partial charge on any atom is -0.316 e. The highest BCUT2D eigenvalue weighted by molar-refractivity contribution is 4.79. The Balaban J connectivity index is 1.81. The van der Waals surface area contributed by atoms with Crippen molar-refractivity contribution in [3.05, 3.63) is 0 Å². The Morgan fingerprint density at radius 1 is 1.00 bits per heavy atom. The Kier molecular flexibility index (Phi) is 8.72. The molecule has 1 N–H and O–H groups in total. The summed E-state index contributed by atoms with van der Waals surface area (Å²) in [7, 11) is 2.09. The molecule has 1 rings (SSSR count). The van der Waals surface area contributed by atoms with Crippen LogP contribution in [0.1, 0.15) is 64.7 Å². The van der Waals surface area contributed by atoms with E-state index in [0.29, 0.717) is 0 Å². The largest absolute Gasteiger partial charge is 0.316 e. The van der Waals surface area contributed by atoms with E-state index < -0.39 is 0 Å². The van der Waals surface area contributed by atoms with Crippen molar-refractivity contribution in [1.82, 2.24) is 10.2 Å². The van der Waals surface area contributed by atoms with Crippen LogP contribution in [0.25, 0.3) is 0 Å². The zero-order valence-electron chi connectivity index (χ0n) is 12.0. The zero-order chi connectivity index (χ0) is 12.3. The summed E-state index contributed by atoms with van der Waals surface area (Å²) in [5.74, 6) is 0. The third-order valence-corrected chi connectivity index (χ3v) is 4.01. The molecule has 0 amide bonds. The summed E-state index contributed by atoms with van der Waals surface area (Å²) in [6, 6.07) is 0.754. The number of unbranched alkanes of at least 4 members (excludes halogenated alkanes) is 7. The van der Waals surface area contributed by atoms with Crippen molar-refractivity contribution in [2.75, 3.05) is 26.7 Å². The van der Waals surface area contributed by atoms with Crippen LogP contribution in [0.3, 0.4) is 0 Å². The third-order valence-electron chi connectivity index (χ3n) is 4.01. The van der Waals surface area contributed by atoms with Gasteiger partial charge in [0.2, 0.25) is 0 Å². The van der Waals surface area contributed by atoms with E-state index in [2.05, 4.69) is 24.2 Å². The summed E-state index contributed by atoms with van der Waals surface area (Å²) in [5.41, 5.74) is 0. The van der Waals surface area contributed by atoms with Crippen LogP contribution in [0.5, 0.6) is 0 Å². The smallest absolute Gasteiger partial charge is 0.0204 e. The van der Waals surface area contributed by atoms with Crippen molar-refractivity contribution >= 4 is 0 Å². The van der Waals surface area contributed by atoms with E-state index in [0.717, 1.165) is 6.04 Å². The Hall–Kier alpha value is -0.0800. The Morgan fingerprint density at radius 2 is 1.65 bits per heavy atom. The number of rotatable bonds is 10. The minimum atomic E-state index is 0.754. The number of nitrogens with zero attached hydrogens (tertiary/aromatic N) is 1. The van der Waals surface area contributed by atoms with Crippen molar-refractivity contribution in [1.29, 1.82) is 0 Å². The summed E-state index contributed by atoms with van der Waals surface area (Å²) in [4.78, 5) is 2.62. The summed E-state index contributed by atoms with van der Waals surface area (Å²) in [5, 5.41) is 3.38. The molecule has 1 unspecified atom stereocenters. The molecule has 2 heteroatoms. The van der Waals surface area contributed by atoms with Gasteiger partial charge in [0.1, 0.15) is 0 Å². The summed E-state index contributed by atoms with van der Waals surface area (Å²) in [6.45, 7) is 6.19. The molecule has 1 aliphatic rings. The topological polar surface area (TPSA) is 15.3 Å². The summed E-state index contributed by atoms with van der Waals surface area (Å²) < 4.78 is 0. The first-order valence-electron chi connectivity index (χ1n) is 7.76. The zero-order valence-corrected chi connectivity index (χ0v) is 12.0. The molecule has 0 aliphatic carbocycles. The van der Waals surface area contributed by atoms with Crippen molar-refractivity contribution in [2.45, 2.75) is 70.8 Å². The molecule has 0 aromatic carbocycles. The second-order valence-electron chi connectivity index (χ2n) is 5.55. The number of hydrogen-bond donors (Lipinski definition) is 1. The van der Waals surface area contributed by atoms with Gasteiger partial charge in [-0.3, -0.25) is 0 Å². The monoisotopic (exact) mass is 240 g/mol. The molecule has 2 nitrogen and oxygen atoms in total. The van der Waals surface area contributed by atoms with Crippen LogP contribution in [0.2, 0.25) is 0 Å². The first-order valence-corrected chi connectivity index (χ1v) is 7.76. The molecule has 1 heterocycles. The van der Waals surface area contributed by atoms with Crippen molar-refractivity contribution in [2.24, 2.45) is 0 Å². The van der Waals surface area contributed by atoms with Gasteiger partial charge in [-0.2, -0.15) is 0 Å². The normalized spacial score (nSPS) is 21.2. The fourth-order valence-electron chi connectivity index (χ4n) is 2.74. The van der Waals surface area contributed by atoms with E-state index in [1.807, 2.05) is 0 Å². The Morgan fingerprint density at radius 3 is 2.24 bits per heavy atom. The minimum absolute atomic E-state index is 0.754. The van der Waals surface area contributed by atoms with Crippen LogP contribution < -0.4 is 5.32 Å². The molecule has 1 fully saturated rings. The predicted molar refractivity (Wildman–Crippen MR) is 76.5 cm³/mol. The lowest BCUT2D eigenvalue weighted by molar-refractivity contribution is 0.319. The van der Waals surface area contributed by atoms with Gasteiger partial charge in [-0.25, -0.2) is 0 Å². The standard InChI is InChI=1S/C15H32N2/c1-3-4-5-6-7-8-9-10-12-17-13-11-15(14-17)16-2/h15-16H,3-14H2,1-2H3. The highest BCUT2D eigenvalue weighted by atomic mass is 15.2. The Bertz CT molecular complexity index is 170. The molecular weight excluding hydrogens is 208 g/mol. The van der Waals surface area contributed by atoms with E-state index in [4.69, 9.17) is 0 Å². The van der Waals surface area contributed by atoms with Gasteiger partial charge in [-0.05, 0) is 33.0 Å². The lowest BCUT2D eigenvalue weighted by Crippen LogP contribution is -2.30. The predicted octanol–water partition coefficient (Wildman–Crippen LogP) is 3.42. The van der Waals surface area contributed by atoms with Gasteiger partial charge < -0.3 is 10.2 Å². The van der Waals surface area contributed by atoms with E-state index in [1.54, 1.807) is 0 Å². The number of likely N-dealkylation sites (N-methyl/N-ethyl adjacent to an activating group) is 1. The van der Waals surface area contributed by atoms with Gasteiger partial charge in [0, 0.05) is 12.6 Å². The van der Waals surface area contributed by atoms with Crippen LogP contribution in [-0.2, 0) is 0 Å². The highest BCUT2D eigenvalue weighted by Gasteiger charge is 2.19. The van der Waals surface area contributed by atoms with Crippen LogP contribution in [0.15, 0.2) is 0 Å². The van der Waals surface area contributed by atoms with Crippen LogP contribution in [0.4, 0.5) is 0 Å². The first-order chi connectivity index (χ1) is 8.36. The second-order valence-corrected chi connectivity index (χ2v) is 5.55. The molecule has 0 bridgehead atoms. The Labute approximate surface area is 108 Å². The fourth-order valence-corrected chi connectivity index (χ4v) is 2.74. The SMILES string of the molecule is CCCCCCCCCCN1CCC(NC)C1. The van der Waals surface area contributed by atoms with Gasteiger partial charge in [-0.15, -0.1) is 0 Å². The quantitative estimate of drug-likeness (QED) is 0.589. The summed E-state index contributed by atoms with van der Waals surface area (Å²) in [6.07, 6.45) is 12.8. The lowest BCUT2D eigenvalue weighted by atomic mass is 10.1. The van der Waals surface area contributed by atoms with E-state index in [1.165, 1.54) is 77.4 Å². The molecule has 17 heavy (non-hydrogen) atoms. The van der Waals surface area contributed by atoms with Crippen molar-refractivity contribution in [3.63, 3.8) is 0 Å². The first kappa shape index (κ1) is 15.0. The van der Waals surface area contributed by atoms with Crippen LogP contribution >= 0.6 is 0 Å². The van der Waals surface area contributed by atoms with E-state index in [-0.39, 0.29) is 0 Å². The molecule has 102 valence electrons. The van der Waals surface area contributed by atoms with Crippen molar-refractivity contribution in [3.8, 4) is 0 Å². The van der Waals surface area contributed by atoms with Gasteiger partial charge in [0.15, 0.2) is 0 Å². The number of likely N-dealkylation sites (tertiary alicyclic amines) is 1. The van der Waals surface area contributed by atoms with Crippen LogP contribution in [-0.4, -0.2) is 37.6 Å². The third kappa shape index (κ3) is 7.05. The fraction of sp³-hybridized carbons (Fsp3) is 1.00. The summed E-state index contributed by atoms with van der Waals surface area (Å²) >= 11 is 0. The molecule has 0 aromatic rings. The van der Waals surface area contributed by atoms with Gasteiger partial charge in [0.25, 0.3) is 0 Å². The molecule has 0 radical (unpaired) electrons. The molecule has 0 aromatic heterocycles. The second kappa shape index (κ2) is 9.90. The average molecular weight is 240 g/mol. The molecule has 0 saturated carbocycles. The van der Waals surface area contributed by atoms with E-state index in [9.17, 15) is 0 Å². The van der Waals surface area contributed by atoms with Gasteiger partial charge >= 0.3 is 0 Å². The number of nitrogens with one attached hydrogen (secondary N) is 1. The van der Waals surface area contributed by atoms with Crippen LogP contribution in [0, 0.1) is 0 Å². The molecule has 1 atom stereocenters. The highest BCUT2D eigenvalue weighted by Crippen LogP contribution is 2.12. The maximum atomic E-state index is 3.38. The number of hydrogen-bond acceptors (Lipinski definition) is 2. The maximum Gasteiger partial charge on any atom is 0.0204 e.